The fraction of sp³-hybridized carbons (Fsp3) is 1.00. The zero-order chi connectivity index (χ0) is 15.1. The molecule has 4 unspecified atom stereocenters. The summed E-state index contributed by atoms with van der Waals surface area (Å²) in [6.45, 7) is 8.12. The highest BCUT2D eigenvalue weighted by Gasteiger charge is 2.51. The maximum Gasteiger partial charge on any atom is 0.0685 e. The van der Waals surface area contributed by atoms with E-state index in [0.29, 0.717) is 17.8 Å². The first-order valence-corrected chi connectivity index (χ1v) is 9.38. The Hall–Kier alpha value is -0.0800. The van der Waals surface area contributed by atoms with E-state index in [1.54, 1.807) is 0 Å². The molecule has 3 aliphatic rings. The van der Waals surface area contributed by atoms with Gasteiger partial charge in [-0.25, -0.2) is 0 Å². The molecule has 1 saturated heterocycles. The Kier molecular flexibility index (Phi) is 4.40. The van der Waals surface area contributed by atoms with E-state index in [9.17, 15) is 0 Å². The van der Waals surface area contributed by atoms with E-state index in [2.05, 4.69) is 20.8 Å². The Morgan fingerprint density at radius 2 is 1.76 bits per heavy atom. The molecular weight excluding hydrogens is 258 g/mol. The molecule has 2 heteroatoms. The third-order valence-electron chi connectivity index (χ3n) is 6.94. The van der Waals surface area contributed by atoms with Crippen LogP contribution in [0.2, 0.25) is 0 Å². The second-order valence-electron chi connectivity index (χ2n) is 8.78. The van der Waals surface area contributed by atoms with Gasteiger partial charge in [0.05, 0.1) is 5.60 Å². The van der Waals surface area contributed by atoms with Gasteiger partial charge in [0, 0.05) is 12.1 Å². The zero-order valence-electron chi connectivity index (χ0n) is 14.4. The number of hydrogen-bond donors (Lipinski definition) is 1. The molecule has 1 heterocycles. The molecule has 21 heavy (non-hydrogen) atoms. The molecule has 3 fully saturated rings. The number of hydrogen-bond acceptors (Lipinski definition) is 2. The molecule has 2 N–H and O–H groups in total. The van der Waals surface area contributed by atoms with Gasteiger partial charge < -0.3 is 10.5 Å². The van der Waals surface area contributed by atoms with Crippen molar-refractivity contribution in [2.24, 2.45) is 29.4 Å². The molecule has 0 aromatic rings. The molecule has 0 aromatic heterocycles. The molecule has 0 bridgehead atoms. The molecule has 1 aliphatic heterocycles. The Balaban J connectivity index is 1.81. The summed E-state index contributed by atoms with van der Waals surface area (Å²) in [6.07, 6.45) is 11.6. The lowest BCUT2D eigenvalue weighted by molar-refractivity contribution is -0.118. The van der Waals surface area contributed by atoms with E-state index < -0.39 is 0 Å². The fourth-order valence-corrected chi connectivity index (χ4v) is 5.87. The van der Waals surface area contributed by atoms with E-state index >= 15 is 0 Å². The minimum absolute atomic E-state index is 0.0607. The Morgan fingerprint density at radius 3 is 2.43 bits per heavy atom. The SMILES string of the molecule is CC1CCC(C(C)C)C(N)(C2CCOC3(CCCC3)C2)C1. The standard InChI is InChI=1S/C19H35NO/c1-14(2)17-7-6-15(3)12-19(17,20)16-8-11-21-18(13-16)9-4-5-10-18/h14-17H,4-13,20H2,1-3H3. The molecular formula is C19H35NO. The third kappa shape index (κ3) is 2.91. The molecule has 122 valence electrons. The average molecular weight is 293 g/mol. The normalized spacial score (nSPS) is 43.6. The molecule has 0 radical (unpaired) electrons. The van der Waals surface area contributed by atoms with Crippen LogP contribution in [0.1, 0.15) is 78.6 Å². The topological polar surface area (TPSA) is 35.2 Å². The molecule has 0 amide bonds. The third-order valence-corrected chi connectivity index (χ3v) is 6.94. The molecule has 0 aromatic carbocycles. The van der Waals surface area contributed by atoms with Crippen LogP contribution in [0, 0.1) is 23.7 Å². The van der Waals surface area contributed by atoms with Crippen LogP contribution in [0.25, 0.3) is 0 Å². The van der Waals surface area contributed by atoms with Crippen molar-refractivity contribution in [1.82, 2.24) is 0 Å². The summed E-state index contributed by atoms with van der Waals surface area (Å²) in [6, 6.07) is 0. The van der Waals surface area contributed by atoms with Gasteiger partial charge in [-0.05, 0) is 62.2 Å². The van der Waals surface area contributed by atoms with Crippen LogP contribution in [0.5, 0.6) is 0 Å². The van der Waals surface area contributed by atoms with Crippen LogP contribution < -0.4 is 5.73 Å². The summed E-state index contributed by atoms with van der Waals surface area (Å²) < 4.78 is 6.26. The largest absolute Gasteiger partial charge is 0.375 e. The van der Waals surface area contributed by atoms with Crippen molar-refractivity contribution in [2.45, 2.75) is 89.7 Å². The van der Waals surface area contributed by atoms with Crippen molar-refractivity contribution in [3.8, 4) is 0 Å². The number of rotatable bonds is 2. The fourth-order valence-electron chi connectivity index (χ4n) is 5.87. The highest BCUT2D eigenvalue weighted by atomic mass is 16.5. The summed E-state index contributed by atoms with van der Waals surface area (Å²) in [5, 5.41) is 0. The predicted molar refractivity (Wildman–Crippen MR) is 88.1 cm³/mol. The lowest BCUT2D eigenvalue weighted by atomic mass is 9.57. The molecule has 2 nitrogen and oxygen atoms in total. The highest BCUT2D eigenvalue weighted by Crippen LogP contribution is 2.51. The van der Waals surface area contributed by atoms with Gasteiger partial charge in [0.2, 0.25) is 0 Å². The molecule has 2 aliphatic carbocycles. The summed E-state index contributed by atoms with van der Waals surface area (Å²) in [4.78, 5) is 0. The van der Waals surface area contributed by atoms with Gasteiger partial charge in [0.15, 0.2) is 0 Å². The number of nitrogens with two attached hydrogens (primary N) is 1. The smallest absolute Gasteiger partial charge is 0.0685 e. The highest BCUT2D eigenvalue weighted by molar-refractivity contribution is 5.05. The van der Waals surface area contributed by atoms with Crippen LogP contribution in [-0.4, -0.2) is 17.7 Å². The van der Waals surface area contributed by atoms with Crippen LogP contribution in [0.3, 0.4) is 0 Å². The summed E-state index contributed by atoms with van der Waals surface area (Å²) in [5.74, 6) is 2.90. The lowest BCUT2D eigenvalue weighted by Crippen LogP contribution is -2.60. The average Bonchev–Trinajstić information content (AvgIpc) is 2.86. The second kappa shape index (κ2) is 5.85. The number of ether oxygens (including phenoxy) is 1. The quantitative estimate of drug-likeness (QED) is 0.812. The first-order valence-electron chi connectivity index (χ1n) is 9.38. The molecule has 2 saturated carbocycles. The Bertz CT molecular complexity index is 361. The molecule has 1 spiro atoms. The predicted octanol–water partition coefficient (Wildman–Crippen LogP) is 4.52. The van der Waals surface area contributed by atoms with Gasteiger partial charge in [-0.3, -0.25) is 0 Å². The zero-order valence-corrected chi connectivity index (χ0v) is 14.4. The van der Waals surface area contributed by atoms with Crippen LogP contribution in [0.4, 0.5) is 0 Å². The second-order valence-corrected chi connectivity index (χ2v) is 8.78. The van der Waals surface area contributed by atoms with Crippen molar-refractivity contribution in [2.75, 3.05) is 6.61 Å². The minimum atomic E-state index is 0.0607. The van der Waals surface area contributed by atoms with Gasteiger partial charge in [-0.1, -0.05) is 40.0 Å². The van der Waals surface area contributed by atoms with Gasteiger partial charge in [0.25, 0.3) is 0 Å². The van der Waals surface area contributed by atoms with E-state index in [1.807, 2.05) is 0 Å². The van der Waals surface area contributed by atoms with Gasteiger partial charge in [-0.2, -0.15) is 0 Å². The van der Waals surface area contributed by atoms with E-state index in [4.69, 9.17) is 10.5 Å². The monoisotopic (exact) mass is 293 g/mol. The van der Waals surface area contributed by atoms with Crippen molar-refractivity contribution in [3.05, 3.63) is 0 Å². The van der Waals surface area contributed by atoms with Crippen molar-refractivity contribution in [3.63, 3.8) is 0 Å². The van der Waals surface area contributed by atoms with Crippen LogP contribution in [-0.2, 0) is 4.74 Å². The first-order chi connectivity index (χ1) is 9.95. The molecule has 4 atom stereocenters. The minimum Gasteiger partial charge on any atom is -0.375 e. The molecule has 3 rings (SSSR count). The van der Waals surface area contributed by atoms with E-state index in [1.165, 1.54) is 57.8 Å². The first kappa shape index (κ1) is 15.8. The summed E-state index contributed by atoms with van der Waals surface area (Å²) in [7, 11) is 0. The maximum atomic E-state index is 7.16. The van der Waals surface area contributed by atoms with Gasteiger partial charge >= 0.3 is 0 Å². The van der Waals surface area contributed by atoms with Gasteiger partial charge in [0.1, 0.15) is 0 Å². The summed E-state index contributed by atoms with van der Waals surface area (Å²) >= 11 is 0. The van der Waals surface area contributed by atoms with Crippen molar-refractivity contribution < 1.29 is 4.74 Å². The van der Waals surface area contributed by atoms with Gasteiger partial charge in [-0.15, -0.1) is 0 Å². The van der Waals surface area contributed by atoms with E-state index in [0.717, 1.165) is 12.5 Å². The Morgan fingerprint density at radius 1 is 1.05 bits per heavy atom. The van der Waals surface area contributed by atoms with E-state index in [-0.39, 0.29) is 11.1 Å². The summed E-state index contributed by atoms with van der Waals surface area (Å²) in [5.41, 5.74) is 7.43. The van der Waals surface area contributed by atoms with Crippen LogP contribution >= 0.6 is 0 Å². The maximum absolute atomic E-state index is 7.16. The van der Waals surface area contributed by atoms with Crippen molar-refractivity contribution >= 4 is 0 Å². The lowest BCUT2D eigenvalue weighted by Gasteiger charge is -2.54. The van der Waals surface area contributed by atoms with Crippen LogP contribution in [0.15, 0.2) is 0 Å². The Labute approximate surface area is 131 Å². The van der Waals surface area contributed by atoms with Crippen molar-refractivity contribution in [1.29, 1.82) is 0 Å².